The van der Waals surface area contributed by atoms with E-state index in [9.17, 15) is 0 Å². The van der Waals surface area contributed by atoms with Gasteiger partial charge in [0.15, 0.2) is 0 Å². The van der Waals surface area contributed by atoms with Crippen LogP contribution in [-0.2, 0) is 11.3 Å². The minimum atomic E-state index is 0.0120. The Hall–Kier alpha value is -1.09. The third-order valence-corrected chi connectivity index (χ3v) is 3.21. The van der Waals surface area contributed by atoms with Crippen molar-refractivity contribution in [2.24, 2.45) is 0 Å². The van der Waals surface area contributed by atoms with Crippen molar-refractivity contribution in [1.29, 1.82) is 0 Å². The third kappa shape index (κ3) is 3.45. The van der Waals surface area contributed by atoms with Crippen LogP contribution in [0.15, 0.2) is 42.6 Å². The molecule has 0 aliphatic rings. The second kappa shape index (κ2) is 6.19. The number of ether oxygens (including phenoxy) is 1. The van der Waals surface area contributed by atoms with Crippen molar-refractivity contribution in [1.82, 2.24) is 4.98 Å². The number of halogens is 2. The maximum absolute atomic E-state index is 6.05. The van der Waals surface area contributed by atoms with Crippen molar-refractivity contribution < 1.29 is 4.74 Å². The van der Waals surface area contributed by atoms with E-state index in [0.717, 1.165) is 11.1 Å². The molecule has 1 unspecified atom stereocenters. The molecule has 0 saturated carbocycles. The maximum Gasteiger partial charge on any atom is 0.130 e. The summed E-state index contributed by atoms with van der Waals surface area (Å²) in [5.41, 5.74) is 1.97. The number of rotatable bonds is 4. The number of hydrogen-bond donors (Lipinski definition) is 0. The van der Waals surface area contributed by atoms with Crippen molar-refractivity contribution in [2.75, 3.05) is 0 Å². The first kappa shape index (κ1) is 13.3. The molecule has 0 radical (unpaired) electrons. The number of aromatic nitrogens is 1. The second-order valence-electron chi connectivity index (χ2n) is 3.96. The van der Waals surface area contributed by atoms with E-state index < -0.39 is 0 Å². The zero-order valence-corrected chi connectivity index (χ0v) is 11.4. The van der Waals surface area contributed by atoms with Gasteiger partial charge < -0.3 is 4.74 Å². The van der Waals surface area contributed by atoms with E-state index in [1.807, 2.05) is 37.3 Å². The topological polar surface area (TPSA) is 22.1 Å². The van der Waals surface area contributed by atoms with E-state index in [0.29, 0.717) is 16.8 Å². The van der Waals surface area contributed by atoms with E-state index in [2.05, 4.69) is 4.98 Å². The smallest absolute Gasteiger partial charge is 0.130 e. The molecule has 0 saturated heterocycles. The summed E-state index contributed by atoms with van der Waals surface area (Å²) < 4.78 is 5.77. The summed E-state index contributed by atoms with van der Waals surface area (Å²) in [5.74, 6) is 0. The highest BCUT2D eigenvalue weighted by Gasteiger charge is 2.08. The Kier molecular flexibility index (Phi) is 4.59. The van der Waals surface area contributed by atoms with Gasteiger partial charge in [-0.15, -0.1) is 0 Å². The summed E-state index contributed by atoms with van der Waals surface area (Å²) in [6.07, 6.45) is 1.65. The molecule has 0 aliphatic carbocycles. The highest BCUT2D eigenvalue weighted by atomic mass is 35.5. The molecule has 1 heterocycles. The Morgan fingerprint density at radius 1 is 1.22 bits per heavy atom. The van der Waals surface area contributed by atoms with Crippen LogP contribution in [0.5, 0.6) is 0 Å². The van der Waals surface area contributed by atoms with Gasteiger partial charge in [0, 0.05) is 11.8 Å². The van der Waals surface area contributed by atoms with Gasteiger partial charge >= 0.3 is 0 Å². The first-order valence-electron chi connectivity index (χ1n) is 5.63. The van der Waals surface area contributed by atoms with Crippen molar-refractivity contribution in [3.63, 3.8) is 0 Å². The number of hydrogen-bond acceptors (Lipinski definition) is 2. The number of pyridine rings is 1. The van der Waals surface area contributed by atoms with Gasteiger partial charge in [-0.05, 0) is 18.6 Å². The van der Waals surface area contributed by atoms with E-state index in [-0.39, 0.29) is 6.10 Å². The zero-order chi connectivity index (χ0) is 13.0. The average Bonchev–Trinajstić information content (AvgIpc) is 2.38. The number of benzene rings is 1. The number of nitrogens with zero attached hydrogens (tertiary/aromatic N) is 1. The summed E-state index contributed by atoms with van der Waals surface area (Å²) in [5, 5.41) is 0.968. The summed E-state index contributed by atoms with van der Waals surface area (Å²) in [7, 11) is 0. The summed E-state index contributed by atoms with van der Waals surface area (Å²) in [6.45, 7) is 2.42. The lowest BCUT2D eigenvalue weighted by Gasteiger charge is -2.13. The molecular weight excluding hydrogens is 269 g/mol. The molecule has 1 aromatic carbocycles. The lowest BCUT2D eigenvalue weighted by Crippen LogP contribution is -2.01. The van der Waals surface area contributed by atoms with Gasteiger partial charge in [-0.2, -0.15) is 0 Å². The Morgan fingerprint density at radius 2 is 1.94 bits per heavy atom. The van der Waals surface area contributed by atoms with Crippen molar-refractivity contribution >= 4 is 23.2 Å². The first-order valence-corrected chi connectivity index (χ1v) is 6.39. The Labute approximate surface area is 117 Å². The molecule has 1 atom stereocenters. The molecule has 0 bridgehead atoms. The second-order valence-corrected chi connectivity index (χ2v) is 4.76. The van der Waals surface area contributed by atoms with E-state index in [4.69, 9.17) is 27.9 Å². The molecule has 0 spiro atoms. The van der Waals surface area contributed by atoms with Crippen LogP contribution >= 0.6 is 23.2 Å². The van der Waals surface area contributed by atoms with Gasteiger partial charge in [0.25, 0.3) is 0 Å². The maximum atomic E-state index is 6.05. The van der Waals surface area contributed by atoms with Crippen LogP contribution in [-0.4, -0.2) is 4.98 Å². The van der Waals surface area contributed by atoms with Crippen molar-refractivity contribution in [3.8, 4) is 0 Å². The van der Waals surface area contributed by atoms with Gasteiger partial charge in [-0.1, -0.05) is 53.5 Å². The van der Waals surface area contributed by atoms with Crippen LogP contribution in [0.2, 0.25) is 10.2 Å². The van der Waals surface area contributed by atoms with Crippen LogP contribution < -0.4 is 0 Å². The standard InChI is InChI=1S/C14H13Cl2NO/c1-10(11-5-3-2-4-6-11)18-9-12-8-17-14(16)7-13(12)15/h2-8,10H,9H2,1H3. The lowest BCUT2D eigenvalue weighted by atomic mass is 10.1. The molecular formula is C14H13Cl2NO. The van der Waals surface area contributed by atoms with Crippen molar-refractivity contribution in [3.05, 3.63) is 63.9 Å². The average molecular weight is 282 g/mol. The van der Waals surface area contributed by atoms with E-state index >= 15 is 0 Å². The molecule has 4 heteroatoms. The predicted molar refractivity (Wildman–Crippen MR) is 73.9 cm³/mol. The monoisotopic (exact) mass is 281 g/mol. The highest BCUT2D eigenvalue weighted by molar-refractivity contribution is 6.34. The van der Waals surface area contributed by atoms with Gasteiger partial charge in [-0.25, -0.2) is 4.98 Å². The van der Waals surface area contributed by atoms with Gasteiger partial charge in [-0.3, -0.25) is 0 Å². The highest BCUT2D eigenvalue weighted by Crippen LogP contribution is 2.23. The normalized spacial score (nSPS) is 12.4. The SMILES string of the molecule is CC(OCc1cnc(Cl)cc1Cl)c1ccccc1. The van der Waals surface area contributed by atoms with Crippen LogP contribution in [0.3, 0.4) is 0 Å². The molecule has 0 amide bonds. The minimum absolute atomic E-state index is 0.0120. The molecule has 0 aliphatic heterocycles. The molecule has 1 aromatic heterocycles. The summed E-state index contributed by atoms with van der Waals surface area (Å²) in [4.78, 5) is 3.99. The summed E-state index contributed by atoms with van der Waals surface area (Å²) in [6, 6.07) is 11.7. The minimum Gasteiger partial charge on any atom is -0.369 e. The molecule has 0 N–H and O–H groups in total. The van der Waals surface area contributed by atoms with Crippen molar-refractivity contribution in [2.45, 2.75) is 19.6 Å². The quantitative estimate of drug-likeness (QED) is 0.760. The van der Waals surface area contributed by atoms with Gasteiger partial charge in [0.05, 0.1) is 17.7 Å². The molecule has 2 aromatic rings. The fourth-order valence-electron chi connectivity index (χ4n) is 1.58. The Morgan fingerprint density at radius 3 is 2.61 bits per heavy atom. The summed E-state index contributed by atoms with van der Waals surface area (Å²) >= 11 is 11.8. The fraction of sp³-hybridized carbons (Fsp3) is 0.214. The molecule has 18 heavy (non-hydrogen) atoms. The molecule has 2 rings (SSSR count). The fourth-order valence-corrected chi connectivity index (χ4v) is 2.00. The predicted octanol–water partition coefficient (Wildman–Crippen LogP) is 4.67. The largest absolute Gasteiger partial charge is 0.369 e. The van der Waals surface area contributed by atoms with Crippen LogP contribution in [0, 0.1) is 0 Å². The Bertz CT molecular complexity index is 516. The first-order chi connectivity index (χ1) is 8.66. The Balaban J connectivity index is 1.99. The van der Waals surface area contributed by atoms with E-state index in [1.54, 1.807) is 12.3 Å². The molecule has 0 fully saturated rings. The van der Waals surface area contributed by atoms with Crippen LogP contribution in [0.1, 0.15) is 24.2 Å². The van der Waals surface area contributed by atoms with E-state index in [1.165, 1.54) is 0 Å². The third-order valence-electron chi connectivity index (χ3n) is 2.65. The van der Waals surface area contributed by atoms with Crippen LogP contribution in [0.25, 0.3) is 0 Å². The molecule has 2 nitrogen and oxygen atoms in total. The van der Waals surface area contributed by atoms with Gasteiger partial charge in [0.1, 0.15) is 5.15 Å². The molecule has 94 valence electrons. The van der Waals surface area contributed by atoms with Crippen LogP contribution in [0.4, 0.5) is 0 Å². The lowest BCUT2D eigenvalue weighted by molar-refractivity contribution is 0.0524. The van der Waals surface area contributed by atoms with Gasteiger partial charge in [0.2, 0.25) is 0 Å². The zero-order valence-electron chi connectivity index (χ0n) is 9.94.